The zero-order chi connectivity index (χ0) is 15.4. The lowest BCUT2D eigenvalue weighted by Crippen LogP contribution is -2.36. The Bertz CT molecular complexity index is 517. The van der Waals surface area contributed by atoms with E-state index < -0.39 is 0 Å². The van der Waals surface area contributed by atoms with Crippen LogP contribution in [-0.2, 0) is 22.7 Å². The van der Waals surface area contributed by atoms with Gasteiger partial charge in [0.1, 0.15) is 5.75 Å². The fourth-order valence-corrected chi connectivity index (χ4v) is 2.61. The first-order valence-corrected chi connectivity index (χ1v) is 7.08. The minimum atomic E-state index is -0.335. The average Bonchev–Trinajstić information content (AvgIpc) is 2.36. The minimum absolute atomic E-state index is 0.220. The molecule has 1 heterocycles. The van der Waals surface area contributed by atoms with Crippen molar-refractivity contribution in [1.29, 1.82) is 0 Å². The molecular formula is C15H23N3O3. The number of carbonyl (C=O) groups is 1. The quantitative estimate of drug-likeness (QED) is 0.766. The predicted molar refractivity (Wildman–Crippen MR) is 80.4 cm³/mol. The molecule has 1 amide bonds. The second-order valence-electron chi connectivity index (χ2n) is 5.81. The van der Waals surface area contributed by atoms with Crippen molar-refractivity contribution in [2.75, 3.05) is 25.6 Å². The zero-order valence-electron chi connectivity index (χ0n) is 12.6. The van der Waals surface area contributed by atoms with Gasteiger partial charge < -0.3 is 20.9 Å². The van der Waals surface area contributed by atoms with Gasteiger partial charge in [0, 0.05) is 29.9 Å². The van der Waals surface area contributed by atoms with E-state index >= 15 is 0 Å². The lowest BCUT2D eigenvalue weighted by atomic mass is 10.1. The third-order valence-corrected chi connectivity index (χ3v) is 3.21. The van der Waals surface area contributed by atoms with Crippen molar-refractivity contribution in [3.63, 3.8) is 0 Å². The van der Waals surface area contributed by atoms with Crippen LogP contribution in [0, 0.1) is 5.92 Å². The van der Waals surface area contributed by atoms with E-state index in [0.717, 1.165) is 23.4 Å². The maximum absolute atomic E-state index is 11.2. The van der Waals surface area contributed by atoms with Gasteiger partial charge in [-0.05, 0) is 18.1 Å². The Hall–Kier alpha value is -1.79. The van der Waals surface area contributed by atoms with Gasteiger partial charge in [0.2, 0.25) is 5.91 Å². The van der Waals surface area contributed by atoms with Crippen molar-refractivity contribution in [2.45, 2.75) is 27.0 Å². The van der Waals surface area contributed by atoms with Gasteiger partial charge in [-0.1, -0.05) is 13.8 Å². The molecule has 0 radical (unpaired) electrons. The normalized spacial score (nSPS) is 14.1. The number of fused-ring (bicyclic) bond motifs is 1. The van der Waals surface area contributed by atoms with E-state index in [2.05, 4.69) is 13.8 Å². The van der Waals surface area contributed by atoms with Crippen molar-refractivity contribution in [3.8, 4) is 5.75 Å². The Morgan fingerprint density at radius 2 is 2.19 bits per heavy atom. The lowest BCUT2D eigenvalue weighted by molar-refractivity contribution is -0.119. The molecule has 6 nitrogen and oxygen atoms in total. The molecule has 21 heavy (non-hydrogen) atoms. The van der Waals surface area contributed by atoms with Crippen LogP contribution in [0.5, 0.6) is 5.75 Å². The molecule has 4 N–H and O–H groups in total. The summed E-state index contributed by atoms with van der Waals surface area (Å²) in [5, 5.41) is 0. The molecule has 0 bridgehead atoms. The summed E-state index contributed by atoms with van der Waals surface area (Å²) < 4.78 is 10.9. The number of ether oxygens (including phenoxy) is 2. The summed E-state index contributed by atoms with van der Waals surface area (Å²) in [5.74, 6) is 0.914. The second-order valence-corrected chi connectivity index (χ2v) is 5.81. The maximum atomic E-state index is 11.2. The molecular weight excluding hydrogens is 270 g/mol. The molecule has 0 fully saturated rings. The standard InChI is InChI=1S/C15H23N3O3/c1-10(2)5-18(7-14(17)19)6-11-3-13(16)4-12-8-20-9-21-15(11)12/h3-4,10H,5-9,16H2,1-2H3,(H2,17,19). The van der Waals surface area contributed by atoms with Gasteiger partial charge in [0.25, 0.3) is 0 Å². The summed E-state index contributed by atoms with van der Waals surface area (Å²) in [4.78, 5) is 13.3. The van der Waals surface area contributed by atoms with Gasteiger partial charge in [-0.3, -0.25) is 9.69 Å². The monoisotopic (exact) mass is 293 g/mol. The number of amides is 1. The molecule has 0 aliphatic carbocycles. The molecule has 0 aromatic heterocycles. The van der Waals surface area contributed by atoms with Crippen LogP contribution >= 0.6 is 0 Å². The Morgan fingerprint density at radius 1 is 1.43 bits per heavy atom. The van der Waals surface area contributed by atoms with E-state index in [1.807, 2.05) is 17.0 Å². The first-order chi connectivity index (χ1) is 9.95. The predicted octanol–water partition coefficient (Wildman–Crippen LogP) is 1.08. The molecule has 1 aromatic rings. The molecule has 0 spiro atoms. The molecule has 1 aliphatic rings. The Morgan fingerprint density at radius 3 is 2.86 bits per heavy atom. The van der Waals surface area contributed by atoms with Gasteiger partial charge in [-0.15, -0.1) is 0 Å². The van der Waals surface area contributed by atoms with Crippen LogP contribution in [-0.4, -0.2) is 30.7 Å². The van der Waals surface area contributed by atoms with Gasteiger partial charge in [-0.2, -0.15) is 0 Å². The number of hydrogen-bond acceptors (Lipinski definition) is 5. The Balaban J connectivity index is 2.22. The van der Waals surface area contributed by atoms with Crippen molar-refractivity contribution >= 4 is 11.6 Å². The molecule has 0 unspecified atom stereocenters. The van der Waals surface area contributed by atoms with E-state index in [9.17, 15) is 4.79 Å². The maximum Gasteiger partial charge on any atom is 0.231 e. The van der Waals surface area contributed by atoms with E-state index in [4.69, 9.17) is 20.9 Å². The van der Waals surface area contributed by atoms with Crippen molar-refractivity contribution in [2.24, 2.45) is 11.7 Å². The second kappa shape index (κ2) is 6.78. The number of hydrogen-bond donors (Lipinski definition) is 2. The molecule has 0 saturated heterocycles. The largest absolute Gasteiger partial charge is 0.467 e. The van der Waals surface area contributed by atoms with E-state index in [0.29, 0.717) is 24.8 Å². The molecule has 6 heteroatoms. The number of anilines is 1. The third-order valence-electron chi connectivity index (χ3n) is 3.21. The topological polar surface area (TPSA) is 90.8 Å². The summed E-state index contributed by atoms with van der Waals surface area (Å²) in [6.07, 6.45) is 0. The molecule has 2 rings (SSSR count). The molecule has 0 saturated carbocycles. The fraction of sp³-hybridized carbons (Fsp3) is 0.533. The van der Waals surface area contributed by atoms with E-state index in [1.54, 1.807) is 0 Å². The highest BCUT2D eigenvalue weighted by atomic mass is 16.7. The summed E-state index contributed by atoms with van der Waals surface area (Å²) in [6.45, 7) is 6.52. The van der Waals surface area contributed by atoms with Crippen LogP contribution in [0.1, 0.15) is 25.0 Å². The van der Waals surface area contributed by atoms with Crippen LogP contribution in [0.15, 0.2) is 12.1 Å². The summed E-state index contributed by atoms with van der Waals surface area (Å²) >= 11 is 0. The van der Waals surface area contributed by atoms with E-state index in [-0.39, 0.29) is 19.2 Å². The summed E-state index contributed by atoms with van der Waals surface area (Å²) in [6, 6.07) is 3.75. The average molecular weight is 293 g/mol. The number of carbonyl (C=O) groups excluding carboxylic acids is 1. The third kappa shape index (κ3) is 4.34. The zero-order valence-corrected chi connectivity index (χ0v) is 12.6. The van der Waals surface area contributed by atoms with Crippen LogP contribution in [0.3, 0.4) is 0 Å². The van der Waals surface area contributed by atoms with Gasteiger partial charge in [0.15, 0.2) is 6.79 Å². The highest BCUT2D eigenvalue weighted by Gasteiger charge is 2.19. The number of benzene rings is 1. The summed E-state index contributed by atoms with van der Waals surface area (Å²) in [7, 11) is 0. The van der Waals surface area contributed by atoms with Crippen molar-refractivity contribution < 1.29 is 14.3 Å². The van der Waals surface area contributed by atoms with Gasteiger partial charge >= 0.3 is 0 Å². The lowest BCUT2D eigenvalue weighted by Gasteiger charge is -2.26. The van der Waals surface area contributed by atoms with Crippen molar-refractivity contribution in [3.05, 3.63) is 23.3 Å². The Labute approximate surface area is 125 Å². The number of primary amides is 1. The van der Waals surface area contributed by atoms with Crippen LogP contribution in [0.25, 0.3) is 0 Å². The van der Waals surface area contributed by atoms with Crippen molar-refractivity contribution in [1.82, 2.24) is 4.90 Å². The number of nitrogens with zero attached hydrogens (tertiary/aromatic N) is 1. The molecule has 1 aliphatic heterocycles. The van der Waals surface area contributed by atoms with E-state index in [1.165, 1.54) is 0 Å². The first-order valence-electron chi connectivity index (χ1n) is 7.08. The smallest absolute Gasteiger partial charge is 0.231 e. The Kier molecular flexibility index (Phi) is 5.03. The van der Waals surface area contributed by atoms with Crippen LogP contribution < -0.4 is 16.2 Å². The molecule has 1 aromatic carbocycles. The van der Waals surface area contributed by atoms with Crippen LogP contribution in [0.2, 0.25) is 0 Å². The highest BCUT2D eigenvalue weighted by molar-refractivity contribution is 5.75. The number of rotatable bonds is 6. The minimum Gasteiger partial charge on any atom is -0.467 e. The highest BCUT2D eigenvalue weighted by Crippen LogP contribution is 2.31. The number of nitrogen functional groups attached to an aromatic ring is 1. The summed E-state index contributed by atoms with van der Waals surface area (Å²) in [5.41, 5.74) is 13.9. The van der Waals surface area contributed by atoms with Gasteiger partial charge in [-0.25, -0.2) is 0 Å². The SMILES string of the molecule is CC(C)CN(CC(N)=O)Cc1cc(N)cc2c1OCOC2. The van der Waals surface area contributed by atoms with Gasteiger partial charge in [0.05, 0.1) is 13.2 Å². The molecule has 116 valence electrons. The number of nitrogens with two attached hydrogens (primary N) is 2. The fourth-order valence-electron chi connectivity index (χ4n) is 2.61. The molecule has 0 atom stereocenters. The van der Waals surface area contributed by atoms with Crippen LogP contribution in [0.4, 0.5) is 5.69 Å². The first kappa shape index (κ1) is 15.6.